The van der Waals surface area contributed by atoms with Gasteiger partial charge in [-0.05, 0) is 55.0 Å². The largest absolute Gasteiger partial charge is 0.497 e. The molecule has 2 aromatic heterocycles. The fraction of sp³-hybridized carbons (Fsp3) is 0.160. The average Bonchev–Trinajstić information content (AvgIpc) is 3.33. The molecule has 8 heteroatoms. The van der Waals surface area contributed by atoms with Crippen molar-refractivity contribution >= 4 is 11.5 Å². The number of anilines is 1. The smallest absolute Gasteiger partial charge is 0.193 e. The summed E-state index contributed by atoms with van der Waals surface area (Å²) >= 11 is 0. The van der Waals surface area contributed by atoms with Crippen LogP contribution in [-0.2, 0) is 6.61 Å². The lowest BCUT2D eigenvalue weighted by Gasteiger charge is -2.20. The number of carbonyl (C=O) groups is 1. The van der Waals surface area contributed by atoms with Crippen LogP contribution in [-0.4, -0.2) is 33.2 Å². The zero-order valence-electron chi connectivity index (χ0n) is 18.2. The van der Waals surface area contributed by atoms with Gasteiger partial charge in [0, 0.05) is 34.8 Å². The number of pyridine rings is 1. The number of H-pyrrole nitrogens is 1. The standard InChI is InChI=1S/C25H23FN4O3/c1-15-3-4-18(12-27-15)24(29-20-9-16(14-31)10-21(11-20)33-2)25(32)22-13-28-30-23(22)17-5-7-19(26)8-6-17/h3-13,24,29,31H,14H2,1-2H3,(H,28,30). The molecule has 0 aliphatic carbocycles. The zero-order chi connectivity index (χ0) is 23.4. The Bertz CT molecular complexity index is 1230. The first-order chi connectivity index (χ1) is 16.0. The molecule has 0 radical (unpaired) electrons. The summed E-state index contributed by atoms with van der Waals surface area (Å²) in [7, 11) is 1.53. The number of halogens is 1. The van der Waals surface area contributed by atoms with Gasteiger partial charge in [-0.25, -0.2) is 4.39 Å². The Balaban J connectivity index is 1.75. The van der Waals surface area contributed by atoms with Gasteiger partial charge in [0.05, 0.1) is 31.2 Å². The highest BCUT2D eigenvalue weighted by molar-refractivity contribution is 6.06. The first-order valence-electron chi connectivity index (χ1n) is 10.3. The molecule has 0 saturated heterocycles. The van der Waals surface area contributed by atoms with E-state index in [0.29, 0.717) is 39.4 Å². The van der Waals surface area contributed by atoms with Crippen LogP contribution < -0.4 is 10.1 Å². The zero-order valence-corrected chi connectivity index (χ0v) is 18.2. The number of carbonyl (C=O) groups excluding carboxylic acids is 1. The lowest BCUT2D eigenvalue weighted by atomic mass is 9.96. The monoisotopic (exact) mass is 446 g/mol. The van der Waals surface area contributed by atoms with Crippen LogP contribution in [0.15, 0.2) is 67.0 Å². The second kappa shape index (κ2) is 9.62. The molecule has 2 aromatic carbocycles. The maximum atomic E-state index is 13.8. The number of aromatic nitrogens is 3. The molecule has 7 nitrogen and oxygen atoms in total. The second-order valence-electron chi connectivity index (χ2n) is 7.57. The predicted molar refractivity (Wildman–Crippen MR) is 123 cm³/mol. The fourth-order valence-electron chi connectivity index (χ4n) is 3.54. The third-order valence-corrected chi connectivity index (χ3v) is 5.26. The van der Waals surface area contributed by atoms with E-state index in [-0.39, 0.29) is 18.2 Å². The fourth-order valence-corrected chi connectivity index (χ4v) is 3.54. The summed E-state index contributed by atoms with van der Waals surface area (Å²) in [6.07, 6.45) is 3.11. The number of ketones is 1. The van der Waals surface area contributed by atoms with Gasteiger partial charge in [0.1, 0.15) is 17.6 Å². The highest BCUT2D eigenvalue weighted by atomic mass is 19.1. The molecule has 2 heterocycles. The quantitative estimate of drug-likeness (QED) is 0.346. The van der Waals surface area contributed by atoms with Gasteiger partial charge in [-0.1, -0.05) is 6.07 Å². The second-order valence-corrected chi connectivity index (χ2v) is 7.57. The Morgan fingerprint density at radius 1 is 1.15 bits per heavy atom. The molecular weight excluding hydrogens is 423 g/mol. The van der Waals surface area contributed by atoms with Gasteiger partial charge >= 0.3 is 0 Å². The molecule has 168 valence electrons. The van der Waals surface area contributed by atoms with Crippen LogP contribution in [0.5, 0.6) is 5.75 Å². The van der Waals surface area contributed by atoms with Crippen LogP contribution in [0, 0.1) is 12.7 Å². The molecule has 0 amide bonds. The van der Waals surface area contributed by atoms with E-state index in [4.69, 9.17) is 4.74 Å². The van der Waals surface area contributed by atoms with Gasteiger partial charge in [0.15, 0.2) is 5.78 Å². The number of aliphatic hydroxyl groups is 1. The number of Topliss-reactive ketones (excluding diaryl/α,β-unsaturated/α-hetero) is 1. The summed E-state index contributed by atoms with van der Waals surface area (Å²) in [6.45, 7) is 1.69. The highest BCUT2D eigenvalue weighted by Gasteiger charge is 2.26. The Hall–Kier alpha value is -4.04. The van der Waals surface area contributed by atoms with Crippen molar-refractivity contribution in [3.63, 3.8) is 0 Å². The normalized spacial score (nSPS) is 11.8. The SMILES string of the molecule is COc1cc(CO)cc(NC(C(=O)c2cn[nH]c2-c2ccc(F)cc2)c2ccc(C)nc2)c1. The molecule has 0 saturated carbocycles. The summed E-state index contributed by atoms with van der Waals surface area (Å²) in [5.74, 6) is -0.0659. The van der Waals surface area contributed by atoms with Crippen LogP contribution in [0.1, 0.15) is 33.2 Å². The van der Waals surface area contributed by atoms with E-state index in [9.17, 15) is 14.3 Å². The van der Waals surface area contributed by atoms with Gasteiger partial charge in [0.25, 0.3) is 0 Å². The van der Waals surface area contributed by atoms with Crippen molar-refractivity contribution in [1.82, 2.24) is 15.2 Å². The van der Waals surface area contributed by atoms with Crippen molar-refractivity contribution in [2.24, 2.45) is 0 Å². The first kappa shape index (κ1) is 22.2. The third kappa shape index (κ3) is 4.91. The summed E-state index contributed by atoms with van der Waals surface area (Å²) in [5, 5.41) is 19.8. The molecule has 1 atom stereocenters. The first-order valence-corrected chi connectivity index (χ1v) is 10.3. The number of nitrogens with one attached hydrogen (secondary N) is 2. The van der Waals surface area contributed by atoms with Gasteiger partial charge < -0.3 is 15.2 Å². The number of nitrogens with zero attached hydrogens (tertiary/aromatic N) is 2. The van der Waals surface area contributed by atoms with E-state index >= 15 is 0 Å². The number of methoxy groups -OCH3 is 1. The van der Waals surface area contributed by atoms with E-state index in [1.807, 2.05) is 19.1 Å². The molecule has 0 bridgehead atoms. The molecular formula is C25H23FN4O3. The van der Waals surface area contributed by atoms with Gasteiger partial charge in [-0.2, -0.15) is 5.10 Å². The van der Waals surface area contributed by atoms with Crippen molar-refractivity contribution in [3.8, 4) is 17.0 Å². The molecule has 4 rings (SSSR count). The minimum absolute atomic E-state index is 0.174. The Kier molecular flexibility index (Phi) is 6.46. The number of hydrogen-bond acceptors (Lipinski definition) is 6. The minimum atomic E-state index is -0.798. The topological polar surface area (TPSA) is 100 Å². The minimum Gasteiger partial charge on any atom is -0.497 e. The number of aromatic amines is 1. The molecule has 3 N–H and O–H groups in total. The van der Waals surface area contributed by atoms with Crippen molar-refractivity contribution in [3.05, 3.63) is 95.2 Å². The van der Waals surface area contributed by atoms with E-state index in [0.717, 1.165) is 5.69 Å². The van der Waals surface area contributed by atoms with Gasteiger partial charge in [0.2, 0.25) is 0 Å². The molecule has 4 aromatic rings. The van der Waals surface area contributed by atoms with Gasteiger partial charge in [-0.3, -0.25) is 14.9 Å². The van der Waals surface area contributed by atoms with Crippen LogP contribution in [0.3, 0.4) is 0 Å². The number of aliphatic hydroxyl groups excluding tert-OH is 1. The summed E-state index contributed by atoms with van der Waals surface area (Å²) in [5.41, 5.74) is 4.21. The summed E-state index contributed by atoms with van der Waals surface area (Å²) in [6, 6.07) is 13.9. The summed E-state index contributed by atoms with van der Waals surface area (Å²) in [4.78, 5) is 18.1. The molecule has 33 heavy (non-hydrogen) atoms. The van der Waals surface area contributed by atoms with Crippen molar-refractivity contribution in [2.75, 3.05) is 12.4 Å². The van der Waals surface area contributed by atoms with Crippen LogP contribution in [0.2, 0.25) is 0 Å². The summed E-state index contributed by atoms with van der Waals surface area (Å²) < 4.78 is 18.7. The molecule has 1 unspecified atom stereocenters. The van der Waals surface area contributed by atoms with Crippen molar-refractivity contribution < 1.29 is 19.0 Å². The number of rotatable bonds is 8. The molecule has 0 aliphatic rings. The number of benzene rings is 2. The lowest BCUT2D eigenvalue weighted by molar-refractivity contribution is 0.0970. The van der Waals surface area contributed by atoms with Crippen LogP contribution in [0.4, 0.5) is 10.1 Å². The van der Waals surface area contributed by atoms with E-state index in [2.05, 4.69) is 20.5 Å². The molecule has 0 aliphatic heterocycles. The highest BCUT2D eigenvalue weighted by Crippen LogP contribution is 2.30. The van der Waals surface area contributed by atoms with Crippen molar-refractivity contribution in [2.45, 2.75) is 19.6 Å². The maximum absolute atomic E-state index is 13.8. The molecule has 0 fully saturated rings. The Labute approximate surface area is 190 Å². The van der Waals surface area contributed by atoms with Crippen LogP contribution >= 0.6 is 0 Å². The third-order valence-electron chi connectivity index (χ3n) is 5.26. The molecule has 0 spiro atoms. The van der Waals surface area contributed by atoms with E-state index in [1.165, 1.54) is 25.4 Å². The number of aryl methyl sites for hydroxylation is 1. The Morgan fingerprint density at radius 3 is 2.61 bits per heavy atom. The average molecular weight is 446 g/mol. The van der Waals surface area contributed by atoms with Gasteiger partial charge in [-0.15, -0.1) is 0 Å². The predicted octanol–water partition coefficient (Wildman–Crippen LogP) is 4.46. The maximum Gasteiger partial charge on any atom is 0.193 e. The van der Waals surface area contributed by atoms with E-state index < -0.39 is 6.04 Å². The Morgan fingerprint density at radius 2 is 1.94 bits per heavy atom. The van der Waals surface area contributed by atoms with Crippen molar-refractivity contribution in [1.29, 1.82) is 0 Å². The number of ether oxygens (including phenoxy) is 1. The number of hydrogen-bond donors (Lipinski definition) is 3. The van der Waals surface area contributed by atoms with Crippen LogP contribution in [0.25, 0.3) is 11.3 Å². The van der Waals surface area contributed by atoms with E-state index in [1.54, 1.807) is 36.5 Å². The lowest BCUT2D eigenvalue weighted by Crippen LogP contribution is -2.22.